The standard InChI is InChI=1S/C16H24N2O4/c1-12(15(19)20)11-18(2)16(21)17-9-5-7-13-6-4-8-14(10-13)22-3/h4,6,8,10,12H,5,7,9,11H2,1-3H3,(H,17,21)(H,19,20). The molecule has 1 rings (SSSR count). The lowest BCUT2D eigenvalue weighted by Crippen LogP contribution is -2.41. The van der Waals surface area contributed by atoms with Crippen molar-refractivity contribution in [2.24, 2.45) is 5.92 Å². The molecule has 1 unspecified atom stereocenters. The van der Waals surface area contributed by atoms with Crippen LogP contribution in [0.15, 0.2) is 24.3 Å². The Kier molecular flexibility index (Phi) is 7.22. The fraction of sp³-hybridized carbons (Fsp3) is 0.500. The molecule has 2 N–H and O–H groups in total. The summed E-state index contributed by atoms with van der Waals surface area (Å²) in [6.45, 7) is 2.31. The van der Waals surface area contributed by atoms with Gasteiger partial charge < -0.3 is 20.1 Å². The summed E-state index contributed by atoms with van der Waals surface area (Å²) in [6, 6.07) is 7.57. The Labute approximate surface area is 131 Å². The van der Waals surface area contributed by atoms with E-state index in [2.05, 4.69) is 5.32 Å². The number of ether oxygens (including phenoxy) is 1. The van der Waals surface area contributed by atoms with Crippen LogP contribution in [0.2, 0.25) is 0 Å². The molecule has 1 atom stereocenters. The molecule has 0 radical (unpaired) electrons. The lowest BCUT2D eigenvalue weighted by atomic mass is 10.1. The average molecular weight is 308 g/mol. The van der Waals surface area contributed by atoms with E-state index < -0.39 is 11.9 Å². The molecule has 6 nitrogen and oxygen atoms in total. The number of methoxy groups -OCH3 is 1. The number of carboxylic acids is 1. The molecule has 0 saturated heterocycles. The molecule has 0 bridgehead atoms. The maximum Gasteiger partial charge on any atom is 0.317 e. The van der Waals surface area contributed by atoms with Crippen LogP contribution in [0.3, 0.4) is 0 Å². The van der Waals surface area contributed by atoms with Crippen molar-refractivity contribution in [2.45, 2.75) is 19.8 Å². The number of hydrogen-bond donors (Lipinski definition) is 2. The van der Waals surface area contributed by atoms with Crippen molar-refractivity contribution < 1.29 is 19.4 Å². The first-order chi connectivity index (χ1) is 10.4. The second kappa shape index (κ2) is 8.92. The van der Waals surface area contributed by atoms with Gasteiger partial charge in [0.25, 0.3) is 0 Å². The van der Waals surface area contributed by atoms with Gasteiger partial charge in [-0.1, -0.05) is 19.1 Å². The van der Waals surface area contributed by atoms with Gasteiger partial charge in [-0.15, -0.1) is 0 Å². The predicted octanol–water partition coefficient (Wildman–Crippen LogP) is 1.99. The van der Waals surface area contributed by atoms with Crippen molar-refractivity contribution in [1.82, 2.24) is 10.2 Å². The quantitative estimate of drug-likeness (QED) is 0.720. The number of urea groups is 1. The van der Waals surface area contributed by atoms with Gasteiger partial charge in [-0.2, -0.15) is 0 Å². The highest BCUT2D eigenvalue weighted by molar-refractivity contribution is 5.75. The molecular formula is C16H24N2O4. The molecule has 0 saturated carbocycles. The van der Waals surface area contributed by atoms with Crippen LogP contribution in [0.1, 0.15) is 18.9 Å². The number of benzene rings is 1. The van der Waals surface area contributed by atoms with Crippen molar-refractivity contribution in [3.05, 3.63) is 29.8 Å². The van der Waals surface area contributed by atoms with E-state index in [1.165, 1.54) is 4.90 Å². The van der Waals surface area contributed by atoms with E-state index in [-0.39, 0.29) is 12.6 Å². The van der Waals surface area contributed by atoms with Gasteiger partial charge in [-0.3, -0.25) is 4.79 Å². The Hall–Kier alpha value is -2.24. The zero-order valence-corrected chi connectivity index (χ0v) is 13.3. The van der Waals surface area contributed by atoms with Gasteiger partial charge in [0.15, 0.2) is 0 Å². The number of amides is 2. The first-order valence-corrected chi connectivity index (χ1v) is 7.28. The first-order valence-electron chi connectivity index (χ1n) is 7.28. The Morgan fingerprint density at radius 2 is 2.14 bits per heavy atom. The molecule has 0 spiro atoms. The zero-order valence-electron chi connectivity index (χ0n) is 13.3. The van der Waals surface area contributed by atoms with Gasteiger partial charge in [0.2, 0.25) is 0 Å². The van der Waals surface area contributed by atoms with E-state index in [4.69, 9.17) is 9.84 Å². The van der Waals surface area contributed by atoms with E-state index in [1.807, 2.05) is 24.3 Å². The predicted molar refractivity (Wildman–Crippen MR) is 84.1 cm³/mol. The van der Waals surface area contributed by atoms with E-state index >= 15 is 0 Å². The number of rotatable bonds is 8. The lowest BCUT2D eigenvalue weighted by Gasteiger charge is -2.20. The number of carbonyl (C=O) groups is 2. The molecule has 2 amide bonds. The first kappa shape index (κ1) is 17.8. The molecule has 0 fully saturated rings. The van der Waals surface area contributed by atoms with Crippen molar-refractivity contribution in [3.63, 3.8) is 0 Å². The Bertz CT molecular complexity index is 505. The lowest BCUT2D eigenvalue weighted by molar-refractivity contribution is -0.141. The smallest absolute Gasteiger partial charge is 0.317 e. The summed E-state index contributed by atoms with van der Waals surface area (Å²) in [6.07, 6.45) is 1.65. The third-order valence-electron chi connectivity index (χ3n) is 3.37. The fourth-order valence-corrected chi connectivity index (χ4v) is 2.02. The second-order valence-electron chi connectivity index (χ2n) is 5.31. The highest BCUT2D eigenvalue weighted by Crippen LogP contribution is 2.13. The summed E-state index contributed by atoms with van der Waals surface area (Å²) in [4.78, 5) is 24.0. The Morgan fingerprint density at radius 1 is 1.41 bits per heavy atom. The number of nitrogens with zero attached hydrogens (tertiary/aromatic N) is 1. The van der Waals surface area contributed by atoms with Crippen LogP contribution in [0.5, 0.6) is 5.75 Å². The molecule has 122 valence electrons. The van der Waals surface area contributed by atoms with Gasteiger partial charge in [0, 0.05) is 20.1 Å². The molecule has 6 heteroatoms. The summed E-state index contributed by atoms with van der Waals surface area (Å²) in [5.74, 6) is -0.658. The minimum Gasteiger partial charge on any atom is -0.497 e. The molecule has 0 heterocycles. The highest BCUT2D eigenvalue weighted by Gasteiger charge is 2.16. The summed E-state index contributed by atoms with van der Waals surface area (Å²) in [5, 5.41) is 11.6. The van der Waals surface area contributed by atoms with Crippen molar-refractivity contribution in [3.8, 4) is 5.75 Å². The SMILES string of the molecule is COc1cccc(CCCNC(=O)N(C)CC(C)C(=O)O)c1. The molecular weight excluding hydrogens is 284 g/mol. The molecule has 1 aromatic carbocycles. The van der Waals surface area contributed by atoms with E-state index in [0.717, 1.165) is 24.2 Å². The van der Waals surface area contributed by atoms with Crippen molar-refractivity contribution in [2.75, 3.05) is 27.2 Å². The number of carbonyl (C=O) groups excluding carboxylic acids is 1. The minimum absolute atomic E-state index is 0.192. The second-order valence-corrected chi connectivity index (χ2v) is 5.31. The summed E-state index contributed by atoms with van der Waals surface area (Å²) in [7, 11) is 3.23. The van der Waals surface area contributed by atoms with Gasteiger partial charge in [0.1, 0.15) is 5.75 Å². The van der Waals surface area contributed by atoms with Crippen molar-refractivity contribution in [1.29, 1.82) is 0 Å². The van der Waals surface area contributed by atoms with Crippen LogP contribution in [-0.4, -0.2) is 49.3 Å². The van der Waals surface area contributed by atoms with E-state index in [9.17, 15) is 9.59 Å². The van der Waals surface area contributed by atoms with Gasteiger partial charge >= 0.3 is 12.0 Å². The van der Waals surface area contributed by atoms with Gasteiger partial charge in [-0.05, 0) is 30.5 Å². The van der Waals surface area contributed by atoms with Gasteiger partial charge in [0.05, 0.1) is 13.0 Å². The summed E-state index contributed by atoms with van der Waals surface area (Å²) in [5.41, 5.74) is 1.15. The minimum atomic E-state index is -0.905. The van der Waals surface area contributed by atoms with Crippen molar-refractivity contribution >= 4 is 12.0 Å². The molecule has 0 aliphatic rings. The summed E-state index contributed by atoms with van der Waals surface area (Å²) < 4.78 is 5.16. The number of hydrogen-bond acceptors (Lipinski definition) is 3. The maximum atomic E-state index is 11.8. The number of aryl methyl sites for hydroxylation is 1. The number of aliphatic carboxylic acids is 1. The molecule has 1 aromatic rings. The highest BCUT2D eigenvalue weighted by atomic mass is 16.5. The normalized spacial score (nSPS) is 11.6. The van der Waals surface area contributed by atoms with Crippen LogP contribution in [0.25, 0.3) is 0 Å². The van der Waals surface area contributed by atoms with Crippen LogP contribution >= 0.6 is 0 Å². The van der Waals surface area contributed by atoms with Crippen LogP contribution in [-0.2, 0) is 11.2 Å². The van der Waals surface area contributed by atoms with Gasteiger partial charge in [-0.25, -0.2) is 4.79 Å². The van der Waals surface area contributed by atoms with Crippen LogP contribution in [0.4, 0.5) is 4.79 Å². The Balaban J connectivity index is 2.28. The number of carboxylic acid groups (broad SMARTS) is 1. The Morgan fingerprint density at radius 3 is 2.77 bits per heavy atom. The third-order valence-corrected chi connectivity index (χ3v) is 3.37. The zero-order chi connectivity index (χ0) is 16.5. The number of nitrogens with one attached hydrogen (secondary N) is 1. The molecule has 0 aliphatic carbocycles. The van der Waals surface area contributed by atoms with E-state index in [0.29, 0.717) is 6.54 Å². The van der Waals surface area contributed by atoms with Crippen LogP contribution < -0.4 is 10.1 Å². The van der Waals surface area contributed by atoms with E-state index in [1.54, 1.807) is 21.1 Å². The molecule has 0 aliphatic heterocycles. The maximum absolute atomic E-state index is 11.8. The molecule has 0 aromatic heterocycles. The fourth-order valence-electron chi connectivity index (χ4n) is 2.02. The largest absolute Gasteiger partial charge is 0.497 e. The molecule has 22 heavy (non-hydrogen) atoms. The monoisotopic (exact) mass is 308 g/mol. The average Bonchev–Trinajstić information content (AvgIpc) is 2.51. The summed E-state index contributed by atoms with van der Waals surface area (Å²) >= 11 is 0. The third kappa shape index (κ3) is 6.03. The topological polar surface area (TPSA) is 78.9 Å². The van der Waals surface area contributed by atoms with Crippen LogP contribution in [0, 0.1) is 5.92 Å².